The Hall–Kier alpha value is -4.05. The second kappa shape index (κ2) is 8.95. The summed E-state index contributed by atoms with van der Waals surface area (Å²) in [6, 6.07) is 14.4. The third-order valence-corrected chi connectivity index (χ3v) is 5.85. The first-order valence-corrected chi connectivity index (χ1v) is 10.6. The zero-order valence-corrected chi connectivity index (χ0v) is 17.9. The molecule has 4 aromatic rings. The zero-order valence-electron chi connectivity index (χ0n) is 17.9. The van der Waals surface area contributed by atoms with E-state index in [9.17, 15) is 27.5 Å². The summed E-state index contributed by atoms with van der Waals surface area (Å²) in [5.74, 6) is -2.49. The summed E-state index contributed by atoms with van der Waals surface area (Å²) >= 11 is 0. The fraction of sp³-hybridized carbons (Fsp3) is 0.160. The number of fused-ring (bicyclic) bond motifs is 1. The number of halogens is 4. The van der Waals surface area contributed by atoms with Crippen LogP contribution in [-0.2, 0) is 6.54 Å². The number of aliphatic hydroxyl groups excluding tert-OH is 1. The molecule has 3 aromatic carbocycles. The van der Waals surface area contributed by atoms with E-state index in [4.69, 9.17) is 4.42 Å². The van der Waals surface area contributed by atoms with Gasteiger partial charge in [-0.1, -0.05) is 30.3 Å². The summed E-state index contributed by atoms with van der Waals surface area (Å²) in [5.41, 5.74) is 1.85. The number of alkyl halides is 2. The van der Waals surface area contributed by atoms with E-state index in [1.165, 1.54) is 59.5 Å². The van der Waals surface area contributed by atoms with Crippen molar-refractivity contribution in [2.24, 2.45) is 0 Å². The fourth-order valence-corrected chi connectivity index (χ4v) is 4.19. The second-order valence-corrected chi connectivity index (χ2v) is 8.05. The fourth-order valence-electron chi connectivity index (χ4n) is 4.19. The van der Waals surface area contributed by atoms with E-state index in [-0.39, 0.29) is 29.1 Å². The van der Waals surface area contributed by atoms with Crippen molar-refractivity contribution in [3.63, 3.8) is 0 Å². The molecule has 10 heteroatoms. The number of rotatable bonds is 6. The highest BCUT2D eigenvalue weighted by molar-refractivity contribution is 5.99. The Morgan fingerprint density at radius 3 is 2.37 bits per heavy atom. The number of amides is 1. The molecular weight excluding hydrogens is 466 g/mol. The van der Waals surface area contributed by atoms with Crippen LogP contribution in [0.5, 0.6) is 0 Å². The molecule has 2 atom stereocenters. The maximum Gasteiger partial charge on any atom is 0.314 e. The van der Waals surface area contributed by atoms with Gasteiger partial charge in [0.15, 0.2) is 0 Å². The average Bonchev–Trinajstić information content (AvgIpc) is 3.46. The van der Waals surface area contributed by atoms with E-state index in [1.807, 2.05) is 0 Å². The van der Waals surface area contributed by atoms with E-state index < -0.39 is 42.0 Å². The molecule has 6 nitrogen and oxygen atoms in total. The molecule has 1 aromatic heterocycles. The van der Waals surface area contributed by atoms with Crippen LogP contribution in [0.2, 0.25) is 0 Å². The number of carbonyl (C=O) groups is 1. The second-order valence-electron chi connectivity index (χ2n) is 8.05. The number of carbonyl (C=O) groups excluding carboxylic acids is 1. The largest absolute Gasteiger partial charge is 0.415 e. The first kappa shape index (κ1) is 22.7. The van der Waals surface area contributed by atoms with Gasteiger partial charge >= 0.3 is 6.43 Å². The van der Waals surface area contributed by atoms with E-state index in [0.717, 1.165) is 0 Å². The van der Waals surface area contributed by atoms with Crippen molar-refractivity contribution in [3.05, 3.63) is 107 Å². The molecule has 1 aliphatic heterocycles. The number of nitrogens with zero attached hydrogens (tertiary/aromatic N) is 3. The molecule has 5 rings (SSSR count). The quantitative estimate of drug-likeness (QED) is 0.373. The van der Waals surface area contributed by atoms with Gasteiger partial charge < -0.3 is 14.4 Å². The Kier molecular flexibility index (Phi) is 5.81. The molecule has 1 N–H and O–H groups in total. The third kappa shape index (κ3) is 4.28. The van der Waals surface area contributed by atoms with Crippen molar-refractivity contribution in [2.75, 3.05) is 0 Å². The van der Waals surface area contributed by atoms with Gasteiger partial charge in [0.05, 0.1) is 6.04 Å². The van der Waals surface area contributed by atoms with E-state index in [2.05, 4.69) is 10.2 Å². The van der Waals surface area contributed by atoms with Crippen LogP contribution >= 0.6 is 0 Å². The summed E-state index contributed by atoms with van der Waals surface area (Å²) < 4.78 is 58.1. The molecule has 1 amide bonds. The highest BCUT2D eigenvalue weighted by Gasteiger charge is 2.38. The summed E-state index contributed by atoms with van der Waals surface area (Å²) in [7, 11) is 0. The summed E-state index contributed by atoms with van der Waals surface area (Å²) in [6.07, 6.45) is -4.25. The first-order valence-electron chi connectivity index (χ1n) is 10.6. The van der Waals surface area contributed by atoms with Gasteiger partial charge in [0.25, 0.3) is 11.8 Å². The maximum atomic E-state index is 13.9. The minimum Gasteiger partial charge on any atom is -0.415 e. The Labute approximate surface area is 196 Å². The smallest absolute Gasteiger partial charge is 0.314 e. The van der Waals surface area contributed by atoms with Crippen molar-refractivity contribution in [2.45, 2.75) is 25.1 Å². The molecule has 0 bridgehead atoms. The Morgan fingerprint density at radius 1 is 0.914 bits per heavy atom. The van der Waals surface area contributed by atoms with Crippen molar-refractivity contribution >= 4 is 5.91 Å². The van der Waals surface area contributed by atoms with Gasteiger partial charge in [0.1, 0.15) is 17.7 Å². The molecule has 0 saturated carbocycles. The standard InChI is InChI=1S/C25H17F4N3O3/c26-17-8-6-13(7-9-17)20(21(33)14-2-1-3-18(27)10-14)32-12-16-5-4-15(11-19(16)25(32)34)23-30-31-24(35-23)22(28)29/h1-11,20-22,33H,12H2. The van der Waals surface area contributed by atoms with Gasteiger partial charge in [0.2, 0.25) is 5.89 Å². The van der Waals surface area contributed by atoms with Crippen molar-refractivity contribution in [3.8, 4) is 11.5 Å². The van der Waals surface area contributed by atoms with Gasteiger partial charge in [-0.15, -0.1) is 10.2 Å². The normalized spacial score (nSPS) is 14.9. The van der Waals surface area contributed by atoms with Crippen molar-refractivity contribution < 1.29 is 31.9 Å². The van der Waals surface area contributed by atoms with Gasteiger partial charge in [-0.05, 0) is 53.1 Å². The number of aromatic nitrogens is 2. The van der Waals surface area contributed by atoms with E-state index >= 15 is 0 Å². The predicted molar refractivity (Wildman–Crippen MR) is 115 cm³/mol. The Bertz CT molecular complexity index is 1390. The molecule has 35 heavy (non-hydrogen) atoms. The van der Waals surface area contributed by atoms with Crippen LogP contribution in [0.25, 0.3) is 11.5 Å². The van der Waals surface area contributed by atoms with Gasteiger partial charge in [0, 0.05) is 17.7 Å². The van der Waals surface area contributed by atoms with Gasteiger partial charge in [-0.2, -0.15) is 8.78 Å². The lowest BCUT2D eigenvalue weighted by Gasteiger charge is -2.32. The molecule has 0 radical (unpaired) electrons. The third-order valence-electron chi connectivity index (χ3n) is 5.85. The predicted octanol–water partition coefficient (Wildman–Crippen LogP) is 5.38. The van der Waals surface area contributed by atoms with Crippen LogP contribution in [0.15, 0.2) is 71.1 Å². The molecule has 178 valence electrons. The van der Waals surface area contributed by atoms with Crippen molar-refractivity contribution in [1.29, 1.82) is 0 Å². The number of hydrogen-bond donors (Lipinski definition) is 1. The number of benzene rings is 3. The highest BCUT2D eigenvalue weighted by Crippen LogP contribution is 2.40. The zero-order chi connectivity index (χ0) is 24.7. The first-order chi connectivity index (χ1) is 16.8. The highest BCUT2D eigenvalue weighted by atomic mass is 19.3. The van der Waals surface area contributed by atoms with Crippen LogP contribution in [-0.4, -0.2) is 26.1 Å². The van der Waals surface area contributed by atoms with Crippen LogP contribution in [0.3, 0.4) is 0 Å². The van der Waals surface area contributed by atoms with Crippen LogP contribution < -0.4 is 0 Å². The monoisotopic (exact) mass is 483 g/mol. The lowest BCUT2D eigenvalue weighted by molar-refractivity contribution is 0.0359. The number of aliphatic hydroxyl groups is 1. The lowest BCUT2D eigenvalue weighted by Crippen LogP contribution is -2.33. The van der Waals surface area contributed by atoms with Crippen LogP contribution in [0.1, 0.15) is 51.5 Å². The molecule has 2 heterocycles. The lowest BCUT2D eigenvalue weighted by atomic mass is 9.94. The summed E-state index contributed by atoms with van der Waals surface area (Å²) in [6.45, 7) is 0.106. The average molecular weight is 483 g/mol. The molecule has 0 saturated heterocycles. The van der Waals surface area contributed by atoms with E-state index in [0.29, 0.717) is 11.1 Å². The molecular formula is C25H17F4N3O3. The minimum absolute atomic E-state index is 0.106. The van der Waals surface area contributed by atoms with Crippen LogP contribution in [0.4, 0.5) is 17.6 Å². The van der Waals surface area contributed by atoms with Crippen molar-refractivity contribution in [1.82, 2.24) is 15.1 Å². The summed E-state index contributed by atoms with van der Waals surface area (Å²) in [5, 5.41) is 18.1. The number of hydrogen-bond acceptors (Lipinski definition) is 5. The molecule has 2 unspecified atom stereocenters. The molecule has 1 aliphatic rings. The van der Waals surface area contributed by atoms with E-state index in [1.54, 1.807) is 12.1 Å². The topological polar surface area (TPSA) is 79.5 Å². The maximum absolute atomic E-state index is 13.9. The van der Waals surface area contributed by atoms with Gasteiger partial charge in [-0.3, -0.25) is 4.79 Å². The molecule has 0 spiro atoms. The van der Waals surface area contributed by atoms with Crippen LogP contribution in [0, 0.1) is 11.6 Å². The molecule has 0 fully saturated rings. The Morgan fingerprint density at radius 2 is 1.69 bits per heavy atom. The molecule has 0 aliphatic carbocycles. The Balaban J connectivity index is 1.52. The summed E-state index contributed by atoms with van der Waals surface area (Å²) in [4.78, 5) is 14.9. The SMILES string of the molecule is O=C1c2cc(-c3nnc(C(F)F)o3)ccc2CN1C(c1ccc(F)cc1)C(O)c1cccc(F)c1. The minimum atomic E-state index is -2.93. The van der Waals surface area contributed by atoms with Gasteiger partial charge in [-0.25, -0.2) is 8.78 Å².